The molecule has 5 nitrogen and oxygen atoms in total. The van der Waals surface area contributed by atoms with Crippen molar-refractivity contribution in [2.75, 3.05) is 6.54 Å². The Morgan fingerprint density at radius 2 is 2.20 bits per heavy atom. The quantitative estimate of drug-likeness (QED) is 0.729. The number of aromatic nitrogens is 2. The minimum absolute atomic E-state index is 0.373. The monoisotopic (exact) mass is 231 g/mol. The molecule has 0 spiro atoms. The molecular formula is C9H17N3O2S. The molecule has 0 aliphatic carbocycles. The zero-order chi connectivity index (χ0) is 11.3. The molecule has 0 unspecified atom stereocenters. The minimum atomic E-state index is -3.12. The lowest BCUT2D eigenvalue weighted by Crippen LogP contribution is -2.31. The van der Waals surface area contributed by atoms with E-state index in [-0.39, 0.29) is 5.25 Å². The van der Waals surface area contributed by atoms with E-state index < -0.39 is 10.0 Å². The Balaban J connectivity index is 2.23. The number of rotatable bonds is 6. The van der Waals surface area contributed by atoms with Gasteiger partial charge in [-0.15, -0.1) is 0 Å². The maximum absolute atomic E-state index is 11.4. The highest BCUT2D eigenvalue weighted by Crippen LogP contribution is 1.96. The van der Waals surface area contributed by atoms with Gasteiger partial charge in [-0.1, -0.05) is 0 Å². The summed E-state index contributed by atoms with van der Waals surface area (Å²) in [6.45, 7) is 4.51. The molecule has 0 bridgehead atoms. The van der Waals surface area contributed by atoms with Crippen LogP contribution >= 0.6 is 0 Å². The zero-order valence-corrected chi connectivity index (χ0v) is 9.87. The van der Waals surface area contributed by atoms with Gasteiger partial charge in [0.05, 0.1) is 5.25 Å². The van der Waals surface area contributed by atoms with Gasteiger partial charge in [0.1, 0.15) is 0 Å². The third-order valence-electron chi connectivity index (χ3n) is 2.05. The number of nitrogens with one attached hydrogen (secondary N) is 1. The van der Waals surface area contributed by atoms with E-state index in [0.29, 0.717) is 6.54 Å². The zero-order valence-electron chi connectivity index (χ0n) is 9.05. The van der Waals surface area contributed by atoms with Gasteiger partial charge in [0, 0.05) is 25.5 Å². The highest BCUT2D eigenvalue weighted by Gasteiger charge is 2.13. The van der Waals surface area contributed by atoms with E-state index >= 15 is 0 Å². The van der Waals surface area contributed by atoms with Gasteiger partial charge in [-0.05, 0) is 26.3 Å². The average molecular weight is 231 g/mol. The van der Waals surface area contributed by atoms with Crippen LogP contribution in [0.2, 0.25) is 0 Å². The molecule has 86 valence electrons. The molecule has 15 heavy (non-hydrogen) atoms. The first-order chi connectivity index (χ1) is 7.02. The Morgan fingerprint density at radius 1 is 1.47 bits per heavy atom. The van der Waals surface area contributed by atoms with Gasteiger partial charge >= 0.3 is 0 Å². The summed E-state index contributed by atoms with van der Waals surface area (Å²) in [6, 6.07) is 1.85. The highest BCUT2D eigenvalue weighted by molar-refractivity contribution is 7.90. The molecule has 0 aliphatic rings. The normalized spacial score (nSPS) is 12.2. The Morgan fingerprint density at radius 3 is 2.73 bits per heavy atom. The van der Waals surface area contributed by atoms with Crippen molar-refractivity contribution in [2.24, 2.45) is 0 Å². The second-order valence-corrected chi connectivity index (χ2v) is 5.93. The standard InChI is InChI=1S/C9H17N3O2S/c1-9(2)15(13,14)11-6-4-8-12-7-3-5-10-12/h3,5,7,9,11H,4,6,8H2,1-2H3. The number of nitrogens with zero attached hydrogens (tertiary/aromatic N) is 2. The lowest BCUT2D eigenvalue weighted by Gasteiger charge is -2.09. The molecule has 0 atom stereocenters. The van der Waals surface area contributed by atoms with Gasteiger partial charge in [-0.3, -0.25) is 4.68 Å². The van der Waals surface area contributed by atoms with Crippen LogP contribution in [0.3, 0.4) is 0 Å². The summed E-state index contributed by atoms with van der Waals surface area (Å²) in [5.74, 6) is 0. The van der Waals surface area contributed by atoms with Crippen LogP contribution in [0.15, 0.2) is 18.5 Å². The molecule has 1 rings (SSSR count). The molecule has 0 radical (unpaired) electrons. The number of hydrogen-bond acceptors (Lipinski definition) is 3. The van der Waals surface area contributed by atoms with E-state index in [4.69, 9.17) is 0 Å². The first-order valence-corrected chi connectivity index (χ1v) is 6.53. The predicted octanol–water partition coefficient (Wildman–Crippen LogP) is 0.601. The molecule has 0 aliphatic heterocycles. The molecule has 1 N–H and O–H groups in total. The Kier molecular flexibility index (Phi) is 4.28. The molecule has 0 amide bonds. The van der Waals surface area contributed by atoms with Crippen LogP contribution in [0.5, 0.6) is 0 Å². The van der Waals surface area contributed by atoms with Crippen molar-refractivity contribution < 1.29 is 8.42 Å². The first-order valence-electron chi connectivity index (χ1n) is 4.98. The number of hydrogen-bond donors (Lipinski definition) is 1. The smallest absolute Gasteiger partial charge is 0.213 e. The predicted molar refractivity (Wildman–Crippen MR) is 58.9 cm³/mol. The largest absolute Gasteiger partial charge is 0.273 e. The average Bonchev–Trinajstić information content (AvgIpc) is 2.64. The van der Waals surface area contributed by atoms with Crippen LogP contribution in [0.1, 0.15) is 20.3 Å². The van der Waals surface area contributed by atoms with Crippen molar-refractivity contribution in [3.05, 3.63) is 18.5 Å². The molecule has 0 saturated heterocycles. The summed E-state index contributed by atoms with van der Waals surface area (Å²) < 4.78 is 27.0. The second kappa shape index (κ2) is 5.27. The Hall–Kier alpha value is -0.880. The van der Waals surface area contributed by atoms with Crippen LogP contribution in [0, 0.1) is 0 Å². The van der Waals surface area contributed by atoms with Crippen LogP contribution in [0.25, 0.3) is 0 Å². The van der Waals surface area contributed by atoms with Crippen molar-refractivity contribution in [3.8, 4) is 0 Å². The maximum Gasteiger partial charge on any atom is 0.213 e. The summed E-state index contributed by atoms with van der Waals surface area (Å²) in [5.41, 5.74) is 0. The van der Waals surface area contributed by atoms with Gasteiger partial charge in [0.25, 0.3) is 0 Å². The fourth-order valence-corrected chi connectivity index (χ4v) is 1.82. The van der Waals surface area contributed by atoms with E-state index in [1.54, 1.807) is 24.7 Å². The van der Waals surface area contributed by atoms with Gasteiger partial charge in [0.2, 0.25) is 10.0 Å². The number of sulfonamides is 1. The van der Waals surface area contributed by atoms with E-state index in [9.17, 15) is 8.42 Å². The van der Waals surface area contributed by atoms with E-state index in [2.05, 4.69) is 9.82 Å². The molecule has 0 fully saturated rings. The Labute approximate surface area is 90.5 Å². The van der Waals surface area contributed by atoms with E-state index in [0.717, 1.165) is 13.0 Å². The molecule has 6 heteroatoms. The summed E-state index contributed by atoms with van der Waals surface area (Å²) in [6.07, 6.45) is 4.31. The lowest BCUT2D eigenvalue weighted by atomic mass is 10.4. The molecule has 0 saturated carbocycles. The van der Waals surface area contributed by atoms with Crippen LogP contribution < -0.4 is 4.72 Å². The van der Waals surface area contributed by atoms with Crippen molar-refractivity contribution >= 4 is 10.0 Å². The maximum atomic E-state index is 11.4. The highest BCUT2D eigenvalue weighted by atomic mass is 32.2. The summed E-state index contributed by atoms with van der Waals surface area (Å²) in [7, 11) is -3.12. The first kappa shape index (κ1) is 12.2. The summed E-state index contributed by atoms with van der Waals surface area (Å²) >= 11 is 0. The van der Waals surface area contributed by atoms with Crippen LogP contribution in [-0.2, 0) is 16.6 Å². The van der Waals surface area contributed by atoms with Crippen molar-refractivity contribution in [1.82, 2.24) is 14.5 Å². The molecule has 1 aromatic heterocycles. The third-order valence-corrected chi connectivity index (χ3v) is 3.89. The summed E-state index contributed by atoms with van der Waals surface area (Å²) in [4.78, 5) is 0. The van der Waals surface area contributed by atoms with Crippen LogP contribution in [-0.4, -0.2) is 30.0 Å². The topological polar surface area (TPSA) is 64.0 Å². The molecule has 1 heterocycles. The van der Waals surface area contributed by atoms with Gasteiger partial charge in [0.15, 0.2) is 0 Å². The molecule has 1 aromatic rings. The lowest BCUT2D eigenvalue weighted by molar-refractivity contribution is 0.548. The number of aryl methyl sites for hydroxylation is 1. The van der Waals surface area contributed by atoms with E-state index in [1.165, 1.54) is 0 Å². The molecular weight excluding hydrogens is 214 g/mol. The van der Waals surface area contributed by atoms with Crippen molar-refractivity contribution in [1.29, 1.82) is 0 Å². The third kappa shape index (κ3) is 4.01. The van der Waals surface area contributed by atoms with Crippen molar-refractivity contribution in [2.45, 2.75) is 32.1 Å². The fraction of sp³-hybridized carbons (Fsp3) is 0.667. The minimum Gasteiger partial charge on any atom is -0.273 e. The fourth-order valence-electron chi connectivity index (χ4n) is 1.05. The van der Waals surface area contributed by atoms with Gasteiger partial charge < -0.3 is 0 Å². The van der Waals surface area contributed by atoms with Crippen LogP contribution in [0.4, 0.5) is 0 Å². The molecule has 0 aromatic carbocycles. The van der Waals surface area contributed by atoms with Gasteiger partial charge in [-0.25, -0.2) is 13.1 Å². The van der Waals surface area contributed by atoms with E-state index in [1.807, 2.05) is 12.3 Å². The van der Waals surface area contributed by atoms with Crippen molar-refractivity contribution in [3.63, 3.8) is 0 Å². The SMILES string of the molecule is CC(C)S(=O)(=O)NCCCn1cccn1. The van der Waals surface area contributed by atoms with Gasteiger partial charge in [-0.2, -0.15) is 5.10 Å². The summed E-state index contributed by atoms with van der Waals surface area (Å²) in [5, 5.41) is 3.65. The Bertz CT molecular complexity index is 370. The second-order valence-electron chi connectivity index (χ2n) is 3.61.